The van der Waals surface area contributed by atoms with Crippen molar-refractivity contribution in [3.63, 3.8) is 0 Å². The molecule has 1 aromatic carbocycles. The molecule has 0 aliphatic carbocycles. The Hall–Kier alpha value is -0.220. The van der Waals surface area contributed by atoms with Crippen LogP contribution in [0.2, 0.25) is 0 Å². The summed E-state index contributed by atoms with van der Waals surface area (Å²) in [6.07, 6.45) is 4.83. The molecule has 1 aromatic rings. The smallest absolute Gasteiger partial charge is 0.0233 e. The van der Waals surface area contributed by atoms with Gasteiger partial charge in [0.1, 0.15) is 0 Å². The van der Waals surface area contributed by atoms with E-state index in [1.807, 2.05) is 11.8 Å². The van der Waals surface area contributed by atoms with Crippen LogP contribution in [-0.2, 0) is 6.54 Å². The number of thioether (sulfide) groups is 1. The van der Waals surface area contributed by atoms with Gasteiger partial charge in [-0.05, 0) is 55.8 Å². The lowest BCUT2D eigenvalue weighted by Crippen LogP contribution is -2.43. The highest BCUT2D eigenvalue weighted by Gasteiger charge is 2.32. The number of rotatable bonds is 3. The first-order valence-corrected chi connectivity index (χ1v) is 8.16. The average Bonchev–Trinajstić information content (AvgIpc) is 2.87. The SMILES string of the molecule is CSc1ccc(CN2CCC3NCCC3C2)cc1.Cl. The Kier molecular flexibility index (Phi) is 5.58. The summed E-state index contributed by atoms with van der Waals surface area (Å²) in [5.41, 5.74) is 1.46. The van der Waals surface area contributed by atoms with Crippen LogP contribution in [0, 0.1) is 5.92 Å². The van der Waals surface area contributed by atoms with Crippen LogP contribution in [0.1, 0.15) is 18.4 Å². The predicted octanol–water partition coefficient (Wildman–Crippen LogP) is 3.01. The van der Waals surface area contributed by atoms with Gasteiger partial charge in [0, 0.05) is 24.0 Å². The van der Waals surface area contributed by atoms with Gasteiger partial charge in [0.15, 0.2) is 0 Å². The number of halogens is 1. The molecule has 4 heteroatoms. The van der Waals surface area contributed by atoms with E-state index in [9.17, 15) is 0 Å². The van der Waals surface area contributed by atoms with Gasteiger partial charge in [-0.3, -0.25) is 4.90 Å². The van der Waals surface area contributed by atoms with Gasteiger partial charge in [0.05, 0.1) is 0 Å². The first kappa shape index (κ1) is 15.2. The molecule has 2 fully saturated rings. The fourth-order valence-electron chi connectivity index (χ4n) is 3.26. The number of nitrogens with zero attached hydrogens (tertiary/aromatic N) is 1. The fraction of sp³-hybridized carbons (Fsp3) is 0.600. The molecule has 0 spiro atoms. The number of fused-ring (bicyclic) bond motifs is 1. The van der Waals surface area contributed by atoms with E-state index in [-0.39, 0.29) is 12.4 Å². The maximum Gasteiger partial charge on any atom is 0.0233 e. The molecule has 0 bridgehead atoms. The maximum atomic E-state index is 3.63. The number of benzene rings is 1. The van der Waals surface area contributed by atoms with Gasteiger partial charge in [0.25, 0.3) is 0 Å². The van der Waals surface area contributed by atoms with E-state index in [1.165, 1.54) is 42.9 Å². The van der Waals surface area contributed by atoms with Crippen LogP contribution in [0.15, 0.2) is 29.2 Å². The molecule has 0 aromatic heterocycles. The summed E-state index contributed by atoms with van der Waals surface area (Å²) >= 11 is 1.81. The summed E-state index contributed by atoms with van der Waals surface area (Å²) in [5.74, 6) is 0.893. The largest absolute Gasteiger partial charge is 0.314 e. The predicted molar refractivity (Wildman–Crippen MR) is 85.3 cm³/mol. The highest BCUT2D eigenvalue weighted by molar-refractivity contribution is 7.98. The second kappa shape index (κ2) is 6.98. The molecule has 1 N–H and O–H groups in total. The Balaban J connectivity index is 0.00000133. The van der Waals surface area contributed by atoms with E-state index < -0.39 is 0 Å². The second-order valence-corrected chi connectivity index (χ2v) is 6.36. The van der Waals surface area contributed by atoms with Crippen molar-refractivity contribution in [2.75, 3.05) is 25.9 Å². The van der Waals surface area contributed by atoms with Crippen molar-refractivity contribution in [1.29, 1.82) is 0 Å². The molecule has 2 unspecified atom stereocenters. The topological polar surface area (TPSA) is 15.3 Å². The molecule has 2 aliphatic heterocycles. The number of nitrogens with one attached hydrogen (secondary N) is 1. The first-order valence-electron chi connectivity index (χ1n) is 6.94. The molecule has 0 radical (unpaired) electrons. The van der Waals surface area contributed by atoms with Crippen molar-refractivity contribution in [3.8, 4) is 0 Å². The molecule has 106 valence electrons. The summed E-state index contributed by atoms with van der Waals surface area (Å²) < 4.78 is 0. The van der Waals surface area contributed by atoms with Crippen molar-refractivity contribution >= 4 is 24.2 Å². The van der Waals surface area contributed by atoms with Crippen molar-refractivity contribution in [2.24, 2.45) is 5.92 Å². The molecule has 0 saturated carbocycles. The van der Waals surface area contributed by atoms with Gasteiger partial charge in [-0.2, -0.15) is 0 Å². The lowest BCUT2D eigenvalue weighted by Gasteiger charge is -2.34. The fourth-order valence-corrected chi connectivity index (χ4v) is 3.66. The van der Waals surface area contributed by atoms with E-state index in [0.29, 0.717) is 0 Å². The Bertz CT molecular complexity index is 396. The number of hydrogen-bond donors (Lipinski definition) is 1. The molecule has 3 rings (SSSR count). The maximum absolute atomic E-state index is 3.63. The van der Waals surface area contributed by atoms with E-state index in [2.05, 4.69) is 40.7 Å². The van der Waals surface area contributed by atoms with Gasteiger partial charge < -0.3 is 5.32 Å². The second-order valence-electron chi connectivity index (χ2n) is 5.48. The lowest BCUT2D eigenvalue weighted by molar-refractivity contribution is 0.156. The number of hydrogen-bond acceptors (Lipinski definition) is 3. The molecule has 19 heavy (non-hydrogen) atoms. The zero-order chi connectivity index (χ0) is 12.4. The minimum atomic E-state index is 0. The van der Waals surface area contributed by atoms with Crippen molar-refractivity contribution in [2.45, 2.75) is 30.3 Å². The van der Waals surface area contributed by atoms with Crippen LogP contribution in [0.4, 0.5) is 0 Å². The zero-order valence-corrected chi connectivity index (χ0v) is 13.1. The van der Waals surface area contributed by atoms with Gasteiger partial charge in [0.2, 0.25) is 0 Å². The Morgan fingerprint density at radius 2 is 2.05 bits per heavy atom. The van der Waals surface area contributed by atoms with Gasteiger partial charge in [-0.1, -0.05) is 12.1 Å². The van der Waals surface area contributed by atoms with Crippen molar-refractivity contribution in [3.05, 3.63) is 29.8 Å². The van der Waals surface area contributed by atoms with Crippen LogP contribution in [0.5, 0.6) is 0 Å². The monoisotopic (exact) mass is 298 g/mol. The minimum absolute atomic E-state index is 0. The van der Waals surface area contributed by atoms with Crippen LogP contribution in [0.3, 0.4) is 0 Å². The van der Waals surface area contributed by atoms with Gasteiger partial charge >= 0.3 is 0 Å². The summed E-state index contributed by atoms with van der Waals surface area (Å²) in [4.78, 5) is 3.99. The van der Waals surface area contributed by atoms with Crippen LogP contribution < -0.4 is 5.32 Å². The summed E-state index contributed by atoms with van der Waals surface area (Å²) in [7, 11) is 0. The molecular weight excluding hydrogens is 276 g/mol. The van der Waals surface area contributed by atoms with Gasteiger partial charge in [-0.25, -0.2) is 0 Å². The molecule has 0 amide bonds. The molecule has 2 heterocycles. The summed E-state index contributed by atoms with van der Waals surface area (Å²) in [6, 6.07) is 9.85. The first-order chi connectivity index (χ1) is 8.85. The molecule has 2 aliphatic rings. The molecular formula is C15H23ClN2S. The van der Waals surface area contributed by atoms with E-state index in [4.69, 9.17) is 0 Å². The van der Waals surface area contributed by atoms with Crippen molar-refractivity contribution in [1.82, 2.24) is 10.2 Å². The Labute approximate surface area is 126 Å². The number of likely N-dealkylation sites (tertiary alicyclic amines) is 1. The van der Waals surface area contributed by atoms with Gasteiger partial charge in [-0.15, -0.1) is 24.2 Å². The van der Waals surface area contributed by atoms with Crippen molar-refractivity contribution < 1.29 is 0 Å². The third-order valence-electron chi connectivity index (χ3n) is 4.30. The zero-order valence-electron chi connectivity index (χ0n) is 11.5. The molecule has 2 saturated heterocycles. The van der Waals surface area contributed by atoms with E-state index in [0.717, 1.165) is 18.5 Å². The normalized spacial score (nSPS) is 26.8. The third kappa shape index (κ3) is 3.66. The summed E-state index contributed by atoms with van der Waals surface area (Å²) in [5, 5.41) is 3.63. The quantitative estimate of drug-likeness (QED) is 0.864. The lowest BCUT2D eigenvalue weighted by atomic mass is 9.93. The van der Waals surface area contributed by atoms with Crippen LogP contribution in [0.25, 0.3) is 0 Å². The molecule has 2 atom stereocenters. The standard InChI is InChI=1S/C15H22N2S.ClH/c1-18-14-4-2-12(3-5-14)10-17-9-7-15-13(11-17)6-8-16-15;/h2-5,13,15-16H,6-11H2,1H3;1H. The van der Waals surface area contributed by atoms with Crippen LogP contribution >= 0.6 is 24.2 Å². The third-order valence-corrected chi connectivity index (χ3v) is 5.05. The Morgan fingerprint density at radius 3 is 2.79 bits per heavy atom. The minimum Gasteiger partial charge on any atom is -0.314 e. The summed E-state index contributed by atoms with van der Waals surface area (Å²) in [6.45, 7) is 4.88. The van der Waals surface area contributed by atoms with E-state index >= 15 is 0 Å². The van der Waals surface area contributed by atoms with E-state index in [1.54, 1.807) is 0 Å². The highest BCUT2D eigenvalue weighted by atomic mass is 35.5. The van der Waals surface area contributed by atoms with Crippen LogP contribution in [-0.4, -0.2) is 36.8 Å². The molecule has 2 nitrogen and oxygen atoms in total. The number of piperidine rings is 1. The highest BCUT2D eigenvalue weighted by Crippen LogP contribution is 2.25. The average molecular weight is 299 g/mol. The Morgan fingerprint density at radius 1 is 1.26 bits per heavy atom.